The van der Waals surface area contributed by atoms with Crippen molar-refractivity contribution in [2.45, 2.75) is 6.92 Å². The van der Waals surface area contributed by atoms with E-state index in [0.29, 0.717) is 5.02 Å². The lowest BCUT2D eigenvalue weighted by Gasteiger charge is -2.16. The summed E-state index contributed by atoms with van der Waals surface area (Å²) < 4.78 is 10.8. The Bertz CT molecular complexity index is 522. The largest absolute Gasteiger partial charge is 0.496 e. The van der Waals surface area contributed by atoms with Gasteiger partial charge in [-0.25, -0.2) is 0 Å². The molecule has 0 fully saturated rings. The molecule has 2 aromatic carbocycles. The lowest BCUT2D eigenvalue weighted by Crippen LogP contribution is -1.95. The summed E-state index contributed by atoms with van der Waals surface area (Å²) in [5.74, 6) is 1.51. The first-order valence-electron chi connectivity index (χ1n) is 5.65. The van der Waals surface area contributed by atoms with Crippen molar-refractivity contribution in [3.63, 3.8) is 0 Å². The Kier molecular flexibility index (Phi) is 3.78. The Hall–Kier alpha value is -1.67. The van der Waals surface area contributed by atoms with Crippen molar-refractivity contribution >= 4 is 11.6 Å². The van der Waals surface area contributed by atoms with Gasteiger partial charge in [0.1, 0.15) is 11.5 Å². The summed E-state index contributed by atoms with van der Waals surface area (Å²) in [6.45, 7) is 2.02. The van der Waals surface area contributed by atoms with Gasteiger partial charge in [0.2, 0.25) is 0 Å². The highest BCUT2D eigenvalue weighted by atomic mass is 35.5. The second-order valence-electron chi connectivity index (χ2n) is 3.97. The molecule has 3 heteroatoms. The summed E-state index contributed by atoms with van der Waals surface area (Å²) >= 11 is 6.31. The molecule has 0 atom stereocenters. The highest BCUT2D eigenvalue weighted by molar-refractivity contribution is 6.33. The first-order valence-corrected chi connectivity index (χ1v) is 6.03. The lowest BCUT2D eigenvalue weighted by atomic mass is 9.98. The Morgan fingerprint density at radius 1 is 0.833 bits per heavy atom. The van der Waals surface area contributed by atoms with Crippen molar-refractivity contribution < 1.29 is 9.47 Å². The standard InChI is InChI=1S/C15H15ClO2/c1-10-6-4-7-11(16)14(10)15-12(17-2)8-5-9-13(15)18-3/h4-9H,1-3H3. The number of ether oxygens (including phenoxy) is 2. The Labute approximate surface area is 112 Å². The molecule has 0 unspecified atom stereocenters. The fraction of sp³-hybridized carbons (Fsp3) is 0.200. The van der Waals surface area contributed by atoms with Crippen LogP contribution in [0.2, 0.25) is 5.02 Å². The minimum Gasteiger partial charge on any atom is -0.496 e. The van der Waals surface area contributed by atoms with Gasteiger partial charge in [-0.15, -0.1) is 0 Å². The van der Waals surface area contributed by atoms with Gasteiger partial charge in [0, 0.05) is 10.6 Å². The molecule has 18 heavy (non-hydrogen) atoms. The molecule has 2 aromatic rings. The van der Waals surface area contributed by atoms with Crippen molar-refractivity contribution in [3.05, 3.63) is 47.0 Å². The van der Waals surface area contributed by atoms with E-state index in [0.717, 1.165) is 28.2 Å². The summed E-state index contributed by atoms with van der Waals surface area (Å²) in [5.41, 5.74) is 2.93. The summed E-state index contributed by atoms with van der Waals surface area (Å²) in [5, 5.41) is 0.692. The number of aryl methyl sites for hydroxylation is 1. The molecular weight excluding hydrogens is 248 g/mol. The predicted molar refractivity (Wildman–Crippen MR) is 74.7 cm³/mol. The normalized spacial score (nSPS) is 10.2. The van der Waals surface area contributed by atoms with Crippen LogP contribution in [0.1, 0.15) is 5.56 Å². The Morgan fingerprint density at radius 3 is 1.89 bits per heavy atom. The molecule has 0 aliphatic carbocycles. The summed E-state index contributed by atoms with van der Waals surface area (Å²) in [6, 6.07) is 11.5. The number of rotatable bonds is 3. The second-order valence-corrected chi connectivity index (χ2v) is 4.38. The SMILES string of the molecule is COc1cccc(OC)c1-c1c(C)cccc1Cl. The third-order valence-electron chi connectivity index (χ3n) is 2.90. The van der Waals surface area contributed by atoms with Crippen LogP contribution in [-0.2, 0) is 0 Å². The number of benzene rings is 2. The van der Waals surface area contributed by atoms with Gasteiger partial charge in [0.05, 0.1) is 19.8 Å². The van der Waals surface area contributed by atoms with E-state index in [4.69, 9.17) is 21.1 Å². The molecule has 0 saturated heterocycles. The zero-order valence-corrected chi connectivity index (χ0v) is 11.4. The van der Waals surface area contributed by atoms with Crippen molar-refractivity contribution in [1.29, 1.82) is 0 Å². The Balaban J connectivity index is 2.77. The lowest BCUT2D eigenvalue weighted by molar-refractivity contribution is 0.397. The minimum atomic E-state index is 0.692. The zero-order valence-electron chi connectivity index (χ0n) is 10.7. The maximum atomic E-state index is 6.31. The van der Waals surface area contributed by atoms with Crippen LogP contribution < -0.4 is 9.47 Å². The van der Waals surface area contributed by atoms with Crippen LogP contribution in [-0.4, -0.2) is 14.2 Å². The van der Waals surface area contributed by atoms with Crippen molar-refractivity contribution in [2.24, 2.45) is 0 Å². The molecule has 0 amide bonds. The van der Waals surface area contributed by atoms with Gasteiger partial charge < -0.3 is 9.47 Å². The van der Waals surface area contributed by atoms with Gasteiger partial charge in [0.25, 0.3) is 0 Å². The maximum Gasteiger partial charge on any atom is 0.130 e. The molecular formula is C15H15ClO2. The summed E-state index contributed by atoms with van der Waals surface area (Å²) in [4.78, 5) is 0. The van der Waals surface area contributed by atoms with E-state index in [9.17, 15) is 0 Å². The molecule has 0 aromatic heterocycles. The van der Waals surface area contributed by atoms with Crippen molar-refractivity contribution in [3.8, 4) is 22.6 Å². The molecule has 0 heterocycles. The van der Waals surface area contributed by atoms with Crippen LogP contribution >= 0.6 is 11.6 Å². The van der Waals surface area contributed by atoms with Crippen LogP contribution in [0.5, 0.6) is 11.5 Å². The van der Waals surface area contributed by atoms with Crippen molar-refractivity contribution in [1.82, 2.24) is 0 Å². The molecule has 94 valence electrons. The van der Waals surface area contributed by atoms with Gasteiger partial charge in [-0.05, 0) is 30.7 Å². The average Bonchev–Trinajstić information content (AvgIpc) is 2.38. The van der Waals surface area contributed by atoms with E-state index in [-0.39, 0.29) is 0 Å². The highest BCUT2D eigenvalue weighted by Gasteiger charge is 2.16. The molecule has 0 aliphatic rings. The molecule has 0 radical (unpaired) electrons. The molecule has 0 N–H and O–H groups in total. The van der Waals surface area contributed by atoms with Crippen LogP contribution in [0.25, 0.3) is 11.1 Å². The molecule has 0 spiro atoms. The average molecular weight is 263 g/mol. The van der Waals surface area contributed by atoms with Gasteiger partial charge in [0.15, 0.2) is 0 Å². The summed E-state index contributed by atoms with van der Waals surface area (Å²) in [7, 11) is 3.29. The van der Waals surface area contributed by atoms with Crippen molar-refractivity contribution in [2.75, 3.05) is 14.2 Å². The molecule has 0 bridgehead atoms. The quantitative estimate of drug-likeness (QED) is 0.820. The van der Waals surface area contributed by atoms with E-state index in [2.05, 4.69) is 0 Å². The zero-order chi connectivity index (χ0) is 13.1. The van der Waals surface area contributed by atoms with Crippen LogP contribution in [0.15, 0.2) is 36.4 Å². The van der Waals surface area contributed by atoms with E-state index in [1.165, 1.54) is 0 Å². The second kappa shape index (κ2) is 5.32. The first kappa shape index (κ1) is 12.8. The third kappa shape index (κ3) is 2.16. The van der Waals surface area contributed by atoms with Gasteiger partial charge in [-0.3, -0.25) is 0 Å². The fourth-order valence-electron chi connectivity index (χ4n) is 2.05. The molecule has 2 nitrogen and oxygen atoms in total. The van der Waals surface area contributed by atoms with E-state index in [1.54, 1.807) is 14.2 Å². The monoisotopic (exact) mass is 262 g/mol. The van der Waals surface area contributed by atoms with E-state index >= 15 is 0 Å². The smallest absolute Gasteiger partial charge is 0.130 e. The van der Waals surface area contributed by atoms with E-state index in [1.807, 2.05) is 43.3 Å². The summed E-state index contributed by atoms with van der Waals surface area (Å²) in [6.07, 6.45) is 0. The highest BCUT2D eigenvalue weighted by Crippen LogP contribution is 2.42. The number of halogens is 1. The number of hydrogen-bond donors (Lipinski definition) is 0. The minimum absolute atomic E-state index is 0.692. The maximum absolute atomic E-state index is 6.31. The van der Waals surface area contributed by atoms with Crippen LogP contribution in [0.4, 0.5) is 0 Å². The van der Waals surface area contributed by atoms with Crippen LogP contribution in [0.3, 0.4) is 0 Å². The molecule has 0 aliphatic heterocycles. The topological polar surface area (TPSA) is 18.5 Å². The van der Waals surface area contributed by atoms with E-state index < -0.39 is 0 Å². The van der Waals surface area contributed by atoms with Gasteiger partial charge >= 0.3 is 0 Å². The molecule has 0 saturated carbocycles. The predicted octanol–water partition coefficient (Wildman–Crippen LogP) is 4.33. The number of methoxy groups -OCH3 is 2. The number of hydrogen-bond acceptors (Lipinski definition) is 2. The Morgan fingerprint density at radius 2 is 1.39 bits per heavy atom. The molecule has 2 rings (SSSR count). The van der Waals surface area contributed by atoms with Gasteiger partial charge in [-0.1, -0.05) is 29.8 Å². The first-order chi connectivity index (χ1) is 8.69. The third-order valence-corrected chi connectivity index (χ3v) is 3.21. The van der Waals surface area contributed by atoms with Gasteiger partial charge in [-0.2, -0.15) is 0 Å². The van der Waals surface area contributed by atoms with Crippen LogP contribution in [0, 0.1) is 6.92 Å². The fourth-order valence-corrected chi connectivity index (χ4v) is 2.36.